The Balaban J connectivity index is 2.92. The van der Waals surface area contributed by atoms with E-state index in [-0.39, 0.29) is 22.8 Å². The van der Waals surface area contributed by atoms with Crippen LogP contribution in [0.2, 0.25) is 0 Å². The number of hydrogen-bond donors (Lipinski definition) is 0. The van der Waals surface area contributed by atoms with Crippen LogP contribution < -0.4 is 0 Å². The highest BCUT2D eigenvalue weighted by Crippen LogP contribution is 2.10. The van der Waals surface area contributed by atoms with Crippen molar-refractivity contribution in [3.8, 4) is 0 Å². The minimum absolute atomic E-state index is 0.128. The highest BCUT2D eigenvalue weighted by molar-refractivity contribution is 5.88. The number of carbonyl (C=O) groups excluding carboxylic acids is 1. The SMILES string of the molecule is CCOC(=O)c1nn(C(F)F)nc1C. The summed E-state index contributed by atoms with van der Waals surface area (Å²) < 4.78 is 28.8. The van der Waals surface area contributed by atoms with Gasteiger partial charge >= 0.3 is 12.5 Å². The van der Waals surface area contributed by atoms with E-state index < -0.39 is 12.5 Å². The smallest absolute Gasteiger partial charge is 0.360 e. The molecule has 0 atom stereocenters. The van der Waals surface area contributed by atoms with Gasteiger partial charge < -0.3 is 4.74 Å². The Morgan fingerprint density at radius 2 is 2.21 bits per heavy atom. The molecular weight excluding hydrogens is 196 g/mol. The fraction of sp³-hybridized carbons (Fsp3) is 0.571. The van der Waals surface area contributed by atoms with Gasteiger partial charge in [-0.3, -0.25) is 0 Å². The molecule has 0 N–H and O–H groups in total. The summed E-state index contributed by atoms with van der Waals surface area (Å²) in [6, 6.07) is 0. The topological polar surface area (TPSA) is 57.0 Å². The molecule has 0 aromatic carbocycles. The van der Waals surface area contributed by atoms with Gasteiger partial charge in [-0.2, -0.15) is 13.9 Å². The molecule has 0 saturated carbocycles. The Morgan fingerprint density at radius 1 is 1.57 bits per heavy atom. The number of aromatic nitrogens is 3. The van der Waals surface area contributed by atoms with Crippen LogP contribution in [0.25, 0.3) is 0 Å². The normalized spacial score (nSPS) is 10.6. The lowest BCUT2D eigenvalue weighted by Gasteiger charge is -1.96. The molecule has 0 bridgehead atoms. The van der Waals surface area contributed by atoms with Crippen LogP contribution in [0.1, 0.15) is 29.7 Å². The van der Waals surface area contributed by atoms with Crippen molar-refractivity contribution >= 4 is 5.97 Å². The molecule has 5 nitrogen and oxygen atoms in total. The van der Waals surface area contributed by atoms with Crippen molar-refractivity contribution in [1.82, 2.24) is 15.0 Å². The monoisotopic (exact) mass is 205 g/mol. The molecule has 1 aromatic rings. The van der Waals surface area contributed by atoms with E-state index in [4.69, 9.17) is 0 Å². The molecule has 0 spiro atoms. The van der Waals surface area contributed by atoms with E-state index in [1.807, 2.05) is 0 Å². The number of aryl methyl sites for hydroxylation is 1. The number of esters is 1. The summed E-state index contributed by atoms with van der Waals surface area (Å²) in [5.41, 5.74) is -0.0455. The lowest BCUT2D eigenvalue weighted by molar-refractivity contribution is 0.0389. The number of alkyl halides is 2. The molecule has 14 heavy (non-hydrogen) atoms. The second-order valence-corrected chi connectivity index (χ2v) is 2.45. The van der Waals surface area contributed by atoms with E-state index in [1.165, 1.54) is 6.92 Å². The van der Waals surface area contributed by atoms with Crippen LogP contribution >= 0.6 is 0 Å². The largest absolute Gasteiger partial charge is 0.461 e. The van der Waals surface area contributed by atoms with Crippen molar-refractivity contribution in [2.75, 3.05) is 6.61 Å². The molecule has 0 aliphatic carbocycles. The van der Waals surface area contributed by atoms with Gasteiger partial charge in [0.25, 0.3) is 0 Å². The van der Waals surface area contributed by atoms with E-state index in [2.05, 4.69) is 14.9 Å². The van der Waals surface area contributed by atoms with Gasteiger partial charge in [-0.1, -0.05) is 0 Å². The first-order valence-electron chi connectivity index (χ1n) is 3.95. The maximum atomic E-state index is 12.1. The van der Waals surface area contributed by atoms with Crippen LogP contribution in [-0.2, 0) is 4.74 Å². The van der Waals surface area contributed by atoms with Gasteiger partial charge in [0.2, 0.25) is 0 Å². The predicted molar refractivity (Wildman–Crippen MR) is 42.0 cm³/mol. The summed E-state index contributed by atoms with van der Waals surface area (Å²) in [5, 5.41) is 6.68. The Labute approximate surface area is 78.7 Å². The molecule has 7 heteroatoms. The van der Waals surface area contributed by atoms with Gasteiger partial charge in [0.05, 0.1) is 12.3 Å². The summed E-state index contributed by atoms with van der Waals surface area (Å²) in [5.74, 6) is -0.739. The zero-order valence-electron chi connectivity index (χ0n) is 7.70. The standard InChI is InChI=1S/C7H9F2N3O2/c1-3-14-6(13)5-4(2)10-12(11-5)7(8)9/h7H,3H2,1-2H3. The molecule has 1 aromatic heterocycles. The molecule has 0 fully saturated rings. The molecule has 1 heterocycles. The van der Waals surface area contributed by atoms with Crippen molar-refractivity contribution in [3.05, 3.63) is 11.4 Å². The number of rotatable bonds is 3. The molecule has 0 unspecified atom stereocenters. The number of hydrogen-bond acceptors (Lipinski definition) is 4. The quantitative estimate of drug-likeness (QED) is 0.695. The zero-order chi connectivity index (χ0) is 10.7. The summed E-state index contributed by atoms with van der Waals surface area (Å²) in [4.78, 5) is 11.3. The van der Waals surface area contributed by atoms with E-state index >= 15 is 0 Å². The molecule has 0 aliphatic heterocycles. The molecule has 1 rings (SSSR count). The van der Waals surface area contributed by atoms with Gasteiger partial charge in [0.1, 0.15) is 0 Å². The second-order valence-electron chi connectivity index (χ2n) is 2.45. The number of halogens is 2. The summed E-state index contributed by atoms with van der Waals surface area (Å²) in [6.45, 7) is 0.347. The van der Waals surface area contributed by atoms with Crippen LogP contribution in [0.4, 0.5) is 8.78 Å². The average Bonchev–Trinajstić information content (AvgIpc) is 2.48. The lowest BCUT2D eigenvalue weighted by Crippen LogP contribution is -2.08. The summed E-state index contributed by atoms with van der Waals surface area (Å²) in [6.07, 6.45) is 0. The third kappa shape index (κ3) is 2.04. The highest BCUT2D eigenvalue weighted by Gasteiger charge is 2.19. The first-order valence-corrected chi connectivity index (χ1v) is 3.95. The van der Waals surface area contributed by atoms with Crippen LogP contribution in [0.5, 0.6) is 0 Å². The van der Waals surface area contributed by atoms with Crippen molar-refractivity contribution in [2.45, 2.75) is 20.4 Å². The molecule has 78 valence electrons. The van der Waals surface area contributed by atoms with Gasteiger partial charge in [-0.25, -0.2) is 4.79 Å². The molecule has 0 amide bonds. The minimum atomic E-state index is -2.85. The van der Waals surface area contributed by atoms with Crippen LogP contribution in [-0.4, -0.2) is 27.6 Å². The highest BCUT2D eigenvalue weighted by atomic mass is 19.3. The van der Waals surface area contributed by atoms with Gasteiger partial charge in [0.15, 0.2) is 5.69 Å². The van der Waals surface area contributed by atoms with Crippen molar-refractivity contribution < 1.29 is 18.3 Å². The average molecular weight is 205 g/mol. The van der Waals surface area contributed by atoms with Gasteiger partial charge in [-0.15, -0.1) is 9.90 Å². The van der Waals surface area contributed by atoms with Crippen molar-refractivity contribution in [3.63, 3.8) is 0 Å². The van der Waals surface area contributed by atoms with Crippen molar-refractivity contribution in [1.29, 1.82) is 0 Å². The van der Waals surface area contributed by atoms with Gasteiger partial charge in [-0.05, 0) is 13.8 Å². The van der Waals surface area contributed by atoms with Crippen LogP contribution in [0.15, 0.2) is 0 Å². The van der Waals surface area contributed by atoms with E-state index in [1.54, 1.807) is 6.92 Å². The third-order valence-electron chi connectivity index (χ3n) is 1.44. The first kappa shape index (κ1) is 10.6. The fourth-order valence-electron chi connectivity index (χ4n) is 0.873. The molecule has 0 radical (unpaired) electrons. The third-order valence-corrected chi connectivity index (χ3v) is 1.44. The number of ether oxygens (including phenoxy) is 1. The predicted octanol–water partition coefficient (Wildman–Crippen LogP) is 1.16. The maximum absolute atomic E-state index is 12.1. The van der Waals surface area contributed by atoms with Crippen LogP contribution in [0, 0.1) is 6.92 Å². The Kier molecular flexibility index (Phi) is 3.10. The van der Waals surface area contributed by atoms with E-state index in [0.29, 0.717) is 0 Å². The molecule has 0 saturated heterocycles. The Morgan fingerprint density at radius 3 is 2.64 bits per heavy atom. The van der Waals surface area contributed by atoms with Crippen LogP contribution in [0.3, 0.4) is 0 Å². The zero-order valence-corrected chi connectivity index (χ0v) is 7.70. The maximum Gasteiger partial charge on any atom is 0.360 e. The molecular formula is C7H9F2N3O2. The lowest BCUT2D eigenvalue weighted by atomic mass is 10.3. The summed E-state index contributed by atoms with van der Waals surface area (Å²) in [7, 11) is 0. The van der Waals surface area contributed by atoms with Crippen molar-refractivity contribution in [2.24, 2.45) is 0 Å². The number of nitrogens with zero attached hydrogens (tertiary/aromatic N) is 3. The minimum Gasteiger partial charge on any atom is -0.461 e. The molecule has 0 aliphatic rings. The number of carbonyl (C=O) groups is 1. The summed E-state index contributed by atoms with van der Waals surface area (Å²) >= 11 is 0. The fourth-order valence-corrected chi connectivity index (χ4v) is 0.873. The second kappa shape index (κ2) is 4.12. The van der Waals surface area contributed by atoms with E-state index in [0.717, 1.165) is 0 Å². The van der Waals surface area contributed by atoms with E-state index in [9.17, 15) is 13.6 Å². The first-order chi connectivity index (χ1) is 6.56. The Hall–Kier alpha value is -1.53. The Bertz CT molecular complexity index is 338. The van der Waals surface area contributed by atoms with Gasteiger partial charge in [0, 0.05) is 0 Å².